The van der Waals surface area contributed by atoms with Crippen LogP contribution in [-0.2, 0) is 0 Å². The Labute approximate surface area is 65.2 Å². The van der Waals surface area contributed by atoms with E-state index in [1.165, 1.54) is 25.8 Å². The van der Waals surface area contributed by atoms with E-state index in [2.05, 4.69) is 26.1 Å². The third kappa shape index (κ3) is 7.96. The molecule has 62 valence electrons. The molecule has 1 rings (SSSR count). The Morgan fingerprint density at radius 1 is 1.20 bits per heavy atom. The SMILES string of the molecule is CCC.CCNCC1CC1. The zero-order valence-corrected chi connectivity index (χ0v) is 7.61. The van der Waals surface area contributed by atoms with Crippen LogP contribution in [0.2, 0.25) is 0 Å². The van der Waals surface area contributed by atoms with Crippen LogP contribution in [0.3, 0.4) is 0 Å². The molecule has 1 fully saturated rings. The van der Waals surface area contributed by atoms with Gasteiger partial charge in [0, 0.05) is 0 Å². The van der Waals surface area contributed by atoms with Crippen LogP contribution in [0, 0.1) is 5.92 Å². The highest BCUT2D eigenvalue weighted by molar-refractivity contribution is 4.74. The molecule has 0 saturated heterocycles. The van der Waals surface area contributed by atoms with Crippen LogP contribution in [0.5, 0.6) is 0 Å². The first-order chi connectivity index (χ1) is 4.85. The molecule has 0 aromatic rings. The number of hydrogen-bond donors (Lipinski definition) is 1. The van der Waals surface area contributed by atoms with Gasteiger partial charge in [0.05, 0.1) is 0 Å². The van der Waals surface area contributed by atoms with Gasteiger partial charge in [0.15, 0.2) is 0 Å². The minimum atomic E-state index is 1.04. The maximum atomic E-state index is 3.31. The fourth-order valence-electron chi connectivity index (χ4n) is 0.670. The Bertz CT molecular complexity index is 57.7. The van der Waals surface area contributed by atoms with Gasteiger partial charge in [-0.05, 0) is 31.8 Å². The van der Waals surface area contributed by atoms with Crippen LogP contribution in [0.1, 0.15) is 40.0 Å². The fourth-order valence-corrected chi connectivity index (χ4v) is 0.670. The van der Waals surface area contributed by atoms with Gasteiger partial charge in [-0.15, -0.1) is 0 Å². The normalized spacial score (nSPS) is 15.9. The van der Waals surface area contributed by atoms with Gasteiger partial charge in [-0.1, -0.05) is 27.2 Å². The van der Waals surface area contributed by atoms with E-state index in [0.29, 0.717) is 0 Å². The van der Waals surface area contributed by atoms with E-state index < -0.39 is 0 Å². The van der Waals surface area contributed by atoms with Crippen molar-refractivity contribution < 1.29 is 0 Å². The number of nitrogens with one attached hydrogen (secondary N) is 1. The van der Waals surface area contributed by atoms with Crippen molar-refractivity contribution in [1.29, 1.82) is 0 Å². The average Bonchev–Trinajstić information content (AvgIpc) is 2.68. The quantitative estimate of drug-likeness (QED) is 0.640. The van der Waals surface area contributed by atoms with Gasteiger partial charge in [-0.25, -0.2) is 0 Å². The Balaban J connectivity index is 0.000000236. The van der Waals surface area contributed by atoms with Gasteiger partial charge in [-0.3, -0.25) is 0 Å². The third-order valence-electron chi connectivity index (χ3n) is 1.38. The van der Waals surface area contributed by atoms with E-state index in [1.54, 1.807) is 0 Å². The topological polar surface area (TPSA) is 12.0 Å². The van der Waals surface area contributed by atoms with E-state index in [4.69, 9.17) is 0 Å². The zero-order valence-electron chi connectivity index (χ0n) is 7.61. The monoisotopic (exact) mass is 143 g/mol. The van der Waals surface area contributed by atoms with Gasteiger partial charge in [-0.2, -0.15) is 0 Å². The van der Waals surface area contributed by atoms with Crippen LogP contribution >= 0.6 is 0 Å². The highest BCUT2D eigenvalue weighted by atomic mass is 14.9. The second-order valence-electron chi connectivity index (χ2n) is 2.96. The molecule has 1 saturated carbocycles. The molecule has 10 heavy (non-hydrogen) atoms. The second-order valence-corrected chi connectivity index (χ2v) is 2.96. The molecule has 0 heterocycles. The van der Waals surface area contributed by atoms with Crippen molar-refractivity contribution in [3.05, 3.63) is 0 Å². The summed E-state index contributed by atoms with van der Waals surface area (Å²) in [6, 6.07) is 0. The van der Waals surface area contributed by atoms with Gasteiger partial charge >= 0.3 is 0 Å². The molecule has 0 aromatic carbocycles. The van der Waals surface area contributed by atoms with E-state index in [1.807, 2.05) is 0 Å². The summed E-state index contributed by atoms with van der Waals surface area (Å²) in [4.78, 5) is 0. The molecule has 0 radical (unpaired) electrons. The molecular weight excluding hydrogens is 122 g/mol. The highest BCUT2D eigenvalue weighted by Crippen LogP contribution is 2.27. The lowest BCUT2D eigenvalue weighted by Gasteiger charge is -1.93. The minimum Gasteiger partial charge on any atom is -0.317 e. The number of hydrogen-bond acceptors (Lipinski definition) is 1. The van der Waals surface area contributed by atoms with Crippen molar-refractivity contribution in [2.24, 2.45) is 5.92 Å². The van der Waals surface area contributed by atoms with Gasteiger partial charge in [0.1, 0.15) is 0 Å². The Morgan fingerprint density at radius 3 is 2.00 bits per heavy atom. The molecular formula is C9H21N. The lowest BCUT2D eigenvalue weighted by molar-refractivity contribution is 0.662. The molecule has 1 aliphatic carbocycles. The molecule has 0 aliphatic heterocycles. The molecule has 0 spiro atoms. The summed E-state index contributed by atoms with van der Waals surface area (Å²) in [5.41, 5.74) is 0. The molecule has 0 amide bonds. The summed E-state index contributed by atoms with van der Waals surface area (Å²) < 4.78 is 0. The Morgan fingerprint density at radius 2 is 1.70 bits per heavy atom. The average molecular weight is 143 g/mol. The summed E-state index contributed by atoms with van der Waals surface area (Å²) in [5, 5.41) is 3.31. The van der Waals surface area contributed by atoms with Gasteiger partial charge in [0.25, 0.3) is 0 Å². The van der Waals surface area contributed by atoms with Gasteiger partial charge < -0.3 is 5.32 Å². The largest absolute Gasteiger partial charge is 0.317 e. The van der Waals surface area contributed by atoms with Crippen LogP contribution < -0.4 is 5.32 Å². The summed E-state index contributed by atoms with van der Waals surface area (Å²) in [6.45, 7) is 8.80. The molecule has 0 aromatic heterocycles. The first-order valence-electron chi connectivity index (χ1n) is 4.55. The number of rotatable bonds is 3. The minimum absolute atomic E-state index is 1.04. The molecule has 0 unspecified atom stereocenters. The van der Waals surface area contributed by atoms with Crippen molar-refractivity contribution in [2.75, 3.05) is 13.1 Å². The van der Waals surface area contributed by atoms with Crippen LogP contribution in [-0.4, -0.2) is 13.1 Å². The smallest absolute Gasteiger partial charge is 0.00206 e. The molecule has 1 heteroatoms. The van der Waals surface area contributed by atoms with Crippen molar-refractivity contribution in [3.8, 4) is 0 Å². The highest BCUT2D eigenvalue weighted by Gasteiger charge is 2.19. The lowest BCUT2D eigenvalue weighted by atomic mass is 10.4. The second kappa shape index (κ2) is 7.07. The Kier molecular flexibility index (Phi) is 7.04. The zero-order chi connectivity index (χ0) is 7.82. The summed E-state index contributed by atoms with van der Waals surface area (Å²) in [7, 11) is 0. The summed E-state index contributed by atoms with van der Waals surface area (Å²) in [5.74, 6) is 1.04. The standard InChI is InChI=1S/C6H13N.C3H8/c1-2-7-5-6-3-4-6;1-3-2/h6-7H,2-5H2,1H3;3H2,1-2H3. The molecule has 0 atom stereocenters. The predicted octanol–water partition coefficient (Wildman–Crippen LogP) is 2.42. The molecule has 0 bridgehead atoms. The van der Waals surface area contributed by atoms with Crippen molar-refractivity contribution in [1.82, 2.24) is 5.32 Å². The van der Waals surface area contributed by atoms with Crippen molar-refractivity contribution >= 4 is 0 Å². The summed E-state index contributed by atoms with van der Waals surface area (Å²) >= 11 is 0. The maximum absolute atomic E-state index is 3.31. The Hall–Kier alpha value is -0.0400. The lowest BCUT2D eigenvalue weighted by Crippen LogP contribution is -2.15. The van der Waals surface area contributed by atoms with E-state index >= 15 is 0 Å². The van der Waals surface area contributed by atoms with Crippen molar-refractivity contribution in [3.63, 3.8) is 0 Å². The van der Waals surface area contributed by atoms with Crippen LogP contribution in [0.15, 0.2) is 0 Å². The maximum Gasteiger partial charge on any atom is -0.00206 e. The molecule has 1 aliphatic rings. The fraction of sp³-hybridized carbons (Fsp3) is 1.00. The van der Waals surface area contributed by atoms with Crippen molar-refractivity contribution in [2.45, 2.75) is 40.0 Å². The first kappa shape index (κ1) is 9.96. The predicted molar refractivity (Wildman–Crippen MR) is 47.2 cm³/mol. The van der Waals surface area contributed by atoms with Crippen LogP contribution in [0.25, 0.3) is 0 Å². The first-order valence-corrected chi connectivity index (χ1v) is 4.55. The van der Waals surface area contributed by atoms with Crippen LogP contribution in [0.4, 0.5) is 0 Å². The van der Waals surface area contributed by atoms with Gasteiger partial charge in [0.2, 0.25) is 0 Å². The summed E-state index contributed by atoms with van der Waals surface area (Å²) in [6.07, 6.45) is 4.18. The molecule has 1 N–H and O–H groups in total. The third-order valence-corrected chi connectivity index (χ3v) is 1.38. The molecule has 1 nitrogen and oxygen atoms in total. The van der Waals surface area contributed by atoms with E-state index in [9.17, 15) is 0 Å². The van der Waals surface area contributed by atoms with E-state index in [-0.39, 0.29) is 0 Å². The van der Waals surface area contributed by atoms with E-state index in [0.717, 1.165) is 12.5 Å².